The quantitative estimate of drug-likeness (QED) is 0.0292. The summed E-state index contributed by atoms with van der Waals surface area (Å²) in [5.74, 6) is -7.93. The Morgan fingerprint density at radius 2 is 0.586 bits per heavy atom. The van der Waals surface area contributed by atoms with E-state index in [1.165, 1.54) is 19.8 Å². The predicted molar refractivity (Wildman–Crippen MR) is 410 cm³/mol. The number of ketones is 3. The minimum atomic E-state index is -1.35. The molecule has 0 aliphatic heterocycles. The molecule has 0 bridgehead atoms. The van der Waals surface area contributed by atoms with Gasteiger partial charge in [0.15, 0.2) is 0 Å². The molecule has 0 radical (unpaired) electrons. The molecule has 0 saturated heterocycles. The molecule has 4 atom stereocenters. The van der Waals surface area contributed by atoms with Crippen LogP contribution < -0.4 is 37.2 Å². The van der Waals surface area contributed by atoms with Crippen LogP contribution in [0.1, 0.15) is 251 Å². The van der Waals surface area contributed by atoms with Crippen molar-refractivity contribution < 1.29 is 125 Å². The summed E-state index contributed by atoms with van der Waals surface area (Å²) in [5.41, 5.74) is 0. The van der Waals surface area contributed by atoms with Crippen molar-refractivity contribution in [2.75, 3.05) is 138 Å². The van der Waals surface area contributed by atoms with Gasteiger partial charge < -0.3 is 95.5 Å². The fraction of sp³-hybridized carbons (Fsp3) is 0.821. The molecule has 0 saturated carbocycles. The molecule has 0 spiro atoms. The standard InChI is InChI=1S/C78H137N7O26/c1-61(28-23-25-39-79-69(90)37-35-65(77(100)101)84-73(94)59-110-55-51-107-47-43-83-72(93)58-109-53-49-105-45-41-81-68(89)32-20-16-12-8-4-6-10-14-18-22-34-76(98)99)67(88)56-63(62(2)86)29-24-26-40-80-70(91)38-36-66(78(102)103)85-74(95)60-111-54-50-106-46-42-82-71(92)57-108-52-48-104-44-27-31-64(87)30-19-15-11-7-3-5-9-13-17-21-33-75(96)97/h61,63,65-66H,3-60H2,1-2H3,(H,79,90)(H,80,91)(H,81,89)(H,82,92)(H,83,93)(H,84,94)(H,85,95)(H,96,97)(H,98,99)(H,100,101)(H,102,103)/t61-,63+,65-,66-/m0/s1. The molecule has 111 heavy (non-hydrogen) atoms. The summed E-state index contributed by atoms with van der Waals surface area (Å²) < 4.78 is 43.0. The van der Waals surface area contributed by atoms with Crippen LogP contribution in [0.5, 0.6) is 0 Å². The number of ether oxygens (including phenoxy) is 8. The molecule has 0 aromatic heterocycles. The van der Waals surface area contributed by atoms with E-state index in [4.69, 9.17) is 48.1 Å². The number of hydrogen-bond acceptors (Lipinski definition) is 22. The number of hydrogen-bond donors (Lipinski definition) is 11. The van der Waals surface area contributed by atoms with E-state index in [0.29, 0.717) is 84.0 Å². The predicted octanol–water partition coefficient (Wildman–Crippen LogP) is 6.42. The number of amides is 7. The molecule has 11 N–H and O–H groups in total. The zero-order valence-corrected chi connectivity index (χ0v) is 66.6. The molecule has 33 heteroatoms. The van der Waals surface area contributed by atoms with E-state index in [1.807, 2.05) is 0 Å². The Hall–Kier alpha value is -7.14. The normalized spacial score (nSPS) is 12.2. The number of unbranched alkanes of at least 4 members (excludes halogenated alkanes) is 20. The third-order valence-corrected chi connectivity index (χ3v) is 17.9. The van der Waals surface area contributed by atoms with Crippen molar-refractivity contribution in [2.24, 2.45) is 11.8 Å². The topological polar surface area (TPSA) is 478 Å². The van der Waals surface area contributed by atoms with Crippen LogP contribution in [0.2, 0.25) is 0 Å². The smallest absolute Gasteiger partial charge is 0.326 e. The lowest BCUT2D eigenvalue weighted by Gasteiger charge is -2.17. The van der Waals surface area contributed by atoms with E-state index < -0.39 is 78.7 Å². The fourth-order valence-corrected chi connectivity index (χ4v) is 11.3. The van der Waals surface area contributed by atoms with Crippen LogP contribution >= 0.6 is 0 Å². The maximum atomic E-state index is 13.1. The van der Waals surface area contributed by atoms with Crippen molar-refractivity contribution in [3.8, 4) is 0 Å². The van der Waals surface area contributed by atoms with E-state index in [0.717, 1.165) is 116 Å². The van der Waals surface area contributed by atoms with E-state index in [-0.39, 0.29) is 191 Å². The van der Waals surface area contributed by atoms with Crippen molar-refractivity contribution in [1.29, 1.82) is 0 Å². The van der Waals surface area contributed by atoms with Gasteiger partial charge in [0.25, 0.3) is 0 Å². The first-order valence-electron chi connectivity index (χ1n) is 40.5. The van der Waals surface area contributed by atoms with Crippen LogP contribution in [0, 0.1) is 11.8 Å². The zero-order chi connectivity index (χ0) is 82.0. The molecule has 0 heterocycles. The summed E-state index contributed by atoms with van der Waals surface area (Å²) in [5, 5.41) is 54.9. The molecule has 0 aliphatic carbocycles. The van der Waals surface area contributed by atoms with Gasteiger partial charge >= 0.3 is 23.9 Å². The second-order valence-corrected chi connectivity index (χ2v) is 27.8. The van der Waals surface area contributed by atoms with Gasteiger partial charge in [-0.1, -0.05) is 122 Å². The van der Waals surface area contributed by atoms with E-state index >= 15 is 0 Å². The SMILES string of the molecule is CC(=O)[C@H](CCCCNC(=O)CC[C@H](NC(=O)COCCOCCNC(=O)COCCOCCCC(=O)CCCCCCCCCCCCC(=O)O)C(=O)O)CC(=O)[C@@H](C)CCCCNC(=O)CC[C@H](NC(=O)COCCOCCNC(=O)COCCOCCNC(=O)CCCCCCCCCCCCC(=O)O)C(=O)O. The second-order valence-electron chi connectivity index (χ2n) is 27.8. The highest BCUT2D eigenvalue weighted by Gasteiger charge is 2.25. The minimum Gasteiger partial charge on any atom is -0.481 e. The van der Waals surface area contributed by atoms with Crippen molar-refractivity contribution in [2.45, 2.75) is 264 Å². The molecule has 0 unspecified atom stereocenters. The lowest BCUT2D eigenvalue weighted by atomic mass is 9.87. The maximum Gasteiger partial charge on any atom is 0.326 e. The van der Waals surface area contributed by atoms with Crippen molar-refractivity contribution in [1.82, 2.24) is 37.2 Å². The van der Waals surface area contributed by atoms with Gasteiger partial charge in [-0.15, -0.1) is 0 Å². The van der Waals surface area contributed by atoms with Crippen molar-refractivity contribution >= 4 is 82.6 Å². The van der Waals surface area contributed by atoms with Gasteiger partial charge in [-0.2, -0.15) is 0 Å². The van der Waals surface area contributed by atoms with Gasteiger partial charge in [-0.3, -0.25) is 57.5 Å². The minimum absolute atomic E-state index is 0.0121. The monoisotopic (exact) mass is 1590 g/mol. The summed E-state index contributed by atoms with van der Waals surface area (Å²) in [7, 11) is 0. The number of carboxylic acid groups (broad SMARTS) is 4. The maximum absolute atomic E-state index is 13.1. The lowest BCUT2D eigenvalue weighted by molar-refractivity contribution is -0.143. The van der Waals surface area contributed by atoms with Gasteiger partial charge in [0.2, 0.25) is 41.4 Å². The van der Waals surface area contributed by atoms with E-state index in [9.17, 15) is 77.3 Å². The first-order valence-corrected chi connectivity index (χ1v) is 40.5. The highest BCUT2D eigenvalue weighted by atomic mass is 16.5. The molecule has 640 valence electrons. The van der Waals surface area contributed by atoms with Crippen molar-refractivity contribution in [3.05, 3.63) is 0 Å². The summed E-state index contributed by atoms with van der Waals surface area (Å²) in [6, 6.07) is -2.69. The lowest BCUT2D eigenvalue weighted by Crippen LogP contribution is -2.43. The molecule has 0 aromatic rings. The van der Waals surface area contributed by atoms with Gasteiger partial charge in [0.05, 0.1) is 72.7 Å². The number of carbonyl (C=O) groups excluding carboxylic acids is 10. The molecular formula is C78H137N7O26. The molecule has 0 aromatic carbocycles. The highest BCUT2D eigenvalue weighted by Crippen LogP contribution is 2.21. The molecular weight excluding hydrogens is 1450 g/mol. The fourth-order valence-electron chi connectivity index (χ4n) is 11.3. The van der Waals surface area contributed by atoms with Crippen molar-refractivity contribution in [3.63, 3.8) is 0 Å². The Kier molecular flexibility index (Phi) is 69.5. The van der Waals surface area contributed by atoms with Crippen LogP contribution in [-0.2, 0) is 105 Å². The highest BCUT2D eigenvalue weighted by molar-refractivity contribution is 5.88. The summed E-state index contributed by atoms with van der Waals surface area (Å²) >= 11 is 0. The van der Waals surface area contributed by atoms with E-state index in [2.05, 4.69) is 37.2 Å². The average Bonchev–Trinajstić information content (AvgIpc) is 0.920. The van der Waals surface area contributed by atoms with Gasteiger partial charge in [0, 0.05) is 103 Å². The third-order valence-electron chi connectivity index (χ3n) is 17.9. The summed E-state index contributed by atoms with van der Waals surface area (Å²) in [6.07, 6.45) is 25.8. The van der Waals surface area contributed by atoms with Gasteiger partial charge in [0.1, 0.15) is 55.9 Å². The number of Topliss-reactive ketones (excluding diaryl/α,β-unsaturated/α-hetero) is 3. The van der Waals surface area contributed by atoms with Crippen LogP contribution in [0.4, 0.5) is 0 Å². The zero-order valence-electron chi connectivity index (χ0n) is 66.6. The number of carbonyl (C=O) groups is 14. The second kappa shape index (κ2) is 74.3. The number of aliphatic carboxylic acids is 4. The molecule has 0 fully saturated rings. The summed E-state index contributed by atoms with van der Waals surface area (Å²) in [4.78, 5) is 169. The molecule has 0 aliphatic rings. The van der Waals surface area contributed by atoms with Crippen LogP contribution in [0.3, 0.4) is 0 Å². The Morgan fingerprint density at radius 1 is 0.279 bits per heavy atom. The Balaban J connectivity index is 4.00. The average molecular weight is 1590 g/mol. The van der Waals surface area contributed by atoms with E-state index in [1.54, 1.807) is 6.92 Å². The molecule has 33 nitrogen and oxygen atoms in total. The van der Waals surface area contributed by atoms with Crippen LogP contribution in [0.15, 0.2) is 0 Å². The largest absolute Gasteiger partial charge is 0.481 e. The number of carboxylic acids is 4. The van der Waals surface area contributed by atoms with Gasteiger partial charge in [-0.25, -0.2) is 9.59 Å². The number of nitrogens with one attached hydrogen (secondary N) is 7. The Bertz CT molecular complexity index is 2570. The molecule has 0 rings (SSSR count). The van der Waals surface area contributed by atoms with Crippen LogP contribution in [0.25, 0.3) is 0 Å². The van der Waals surface area contributed by atoms with Gasteiger partial charge in [-0.05, 0) is 77.6 Å². The number of rotatable bonds is 83. The first-order chi connectivity index (χ1) is 53.5. The van der Waals surface area contributed by atoms with Crippen LogP contribution in [-0.4, -0.2) is 254 Å². The Labute approximate surface area is 656 Å². The first kappa shape index (κ1) is 104. The third kappa shape index (κ3) is 71.6. The summed E-state index contributed by atoms with van der Waals surface area (Å²) in [6.45, 7) is 5.47. The Morgan fingerprint density at radius 3 is 0.964 bits per heavy atom. The molecule has 7 amide bonds.